The summed E-state index contributed by atoms with van der Waals surface area (Å²) in [4.78, 5) is 36.4. The van der Waals surface area contributed by atoms with Gasteiger partial charge >= 0.3 is 17.7 Å². The van der Waals surface area contributed by atoms with Crippen LogP contribution in [0.4, 0.5) is 0 Å². The van der Waals surface area contributed by atoms with E-state index in [1.807, 2.05) is 0 Å². The van der Waals surface area contributed by atoms with Crippen molar-refractivity contribution in [2.24, 2.45) is 40.4 Å². The van der Waals surface area contributed by atoms with Crippen LogP contribution in [0, 0.1) is 40.4 Å². The first-order valence-corrected chi connectivity index (χ1v) is 19.1. The van der Waals surface area contributed by atoms with E-state index in [1.165, 1.54) is 64.2 Å². The zero-order valence-electron chi connectivity index (χ0n) is 29.6. The van der Waals surface area contributed by atoms with E-state index in [0.29, 0.717) is 29.5 Å². The van der Waals surface area contributed by atoms with Crippen LogP contribution in [0.5, 0.6) is 0 Å². The highest BCUT2D eigenvalue weighted by Gasteiger charge is 2.58. The summed E-state index contributed by atoms with van der Waals surface area (Å²) in [7, 11) is 0. The predicted molar refractivity (Wildman–Crippen MR) is 188 cm³/mol. The Morgan fingerprint density at radius 2 is 1.75 bits per heavy atom. The number of unbranched alkanes of at least 4 members (excludes halogenated alkanes) is 1. The second kappa shape index (κ2) is 16.6. The van der Waals surface area contributed by atoms with E-state index in [2.05, 4.69) is 39.1 Å². The van der Waals surface area contributed by atoms with Crippen LogP contribution in [0.15, 0.2) is 42.0 Å². The molecule has 6 unspecified atom stereocenters. The van der Waals surface area contributed by atoms with Gasteiger partial charge in [-0.3, -0.25) is 9.59 Å². The summed E-state index contributed by atoms with van der Waals surface area (Å²) < 4.78 is 16.1. The Morgan fingerprint density at radius 1 is 0.958 bits per heavy atom. The average Bonchev–Trinajstić information content (AvgIpc) is 3.40. The second-order valence-electron chi connectivity index (χ2n) is 15.9. The highest BCUT2D eigenvalue weighted by Crippen LogP contribution is 2.66. The second-order valence-corrected chi connectivity index (χ2v) is 16.2. The highest BCUT2D eigenvalue weighted by molar-refractivity contribution is 6.20. The van der Waals surface area contributed by atoms with Crippen LogP contribution in [0.25, 0.3) is 0 Å². The molecule has 0 radical (unpaired) electrons. The van der Waals surface area contributed by atoms with Gasteiger partial charge in [0, 0.05) is 13.0 Å². The number of esters is 2. The summed E-state index contributed by atoms with van der Waals surface area (Å²) in [5.41, 5.74) is 2.74. The van der Waals surface area contributed by atoms with E-state index in [-0.39, 0.29) is 24.9 Å². The third-order valence-electron chi connectivity index (χ3n) is 12.6. The van der Waals surface area contributed by atoms with Crippen LogP contribution >= 0.6 is 11.6 Å². The van der Waals surface area contributed by atoms with E-state index in [9.17, 15) is 14.4 Å². The summed E-state index contributed by atoms with van der Waals surface area (Å²) in [6.45, 7) is 10.7. The topological polar surface area (TPSA) is 90.9 Å². The molecule has 7 nitrogen and oxygen atoms in total. The predicted octanol–water partition coefficient (Wildman–Crippen LogP) is 8.99. The number of hydrogen-bond acceptors (Lipinski definition) is 6. The maximum Gasteiger partial charge on any atom is 0.342 e. The van der Waals surface area contributed by atoms with Gasteiger partial charge in [-0.25, -0.2) is 4.79 Å². The Labute approximate surface area is 293 Å². The minimum Gasteiger partial charge on any atom is -0.411 e. The van der Waals surface area contributed by atoms with Crippen molar-refractivity contribution in [3.63, 3.8) is 0 Å². The first kappa shape index (κ1) is 36.9. The van der Waals surface area contributed by atoms with Gasteiger partial charge in [-0.15, -0.1) is 0 Å². The monoisotopic (exact) mass is 683 g/mol. The van der Waals surface area contributed by atoms with Gasteiger partial charge in [0.05, 0.1) is 24.7 Å². The van der Waals surface area contributed by atoms with E-state index < -0.39 is 17.7 Å². The molecule has 0 bridgehead atoms. The summed E-state index contributed by atoms with van der Waals surface area (Å²) in [6.07, 6.45) is 18.3. The molecular formula is C40H58ClNO6. The molecule has 3 fully saturated rings. The first-order valence-electron chi connectivity index (χ1n) is 18.7. The zero-order chi connectivity index (χ0) is 34.3. The van der Waals surface area contributed by atoms with Crippen molar-refractivity contribution in [2.45, 2.75) is 129 Å². The third-order valence-corrected chi connectivity index (χ3v) is 12.8. The Kier molecular flexibility index (Phi) is 12.7. The molecule has 0 spiro atoms. The fraction of sp³-hybridized carbons (Fsp3) is 0.725. The number of alkyl halides is 1. The molecule has 1 amide bonds. The number of amides is 1. The van der Waals surface area contributed by atoms with Gasteiger partial charge in [-0.05, 0) is 122 Å². The minimum atomic E-state index is -1.56. The molecule has 0 aromatic heterocycles. The Bertz CT molecular complexity index is 1280. The lowest BCUT2D eigenvalue weighted by molar-refractivity contribution is -0.158. The van der Waals surface area contributed by atoms with Crippen LogP contribution in [-0.4, -0.2) is 42.9 Å². The van der Waals surface area contributed by atoms with Gasteiger partial charge in [0.15, 0.2) is 0 Å². The van der Waals surface area contributed by atoms with Crippen LogP contribution in [0.2, 0.25) is 0 Å². The Hall–Kier alpha value is -2.38. The maximum absolute atomic E-state index is 12.3. The molecule has 8 heteroatoms. The summed E-state index contributed by atoms with van der Waals surface area (Å²) in [6, 6.07) is 8.28. The number of ether oxygens (including phenoxy) is 3. The molecule has 0 saturated heterocycles. The van der Waals surface area contributed by atoms with Crippen molar-refractivity contribution >= 4 is 29.4 Å². The van der Waals surface area contributed by atoms with Crippen molar-refractivity contribution < 1.29 is 28.6 Å². The fourth-order valence-corrected chi connectivity index (χ4v) is 10.1. The lowest BCUT2D eigenvalue weighted by Gasteiger charge is -2.58. The smallest absolute Gasteiger partial charge is 0.342 e. The normalized spacial score (nSPS) is 31.5. The van der Waals surface area contributed by atoms with Gasteiger partial charge < -0.3 is 19.5 Å². The summed E-state index contributed by atoms with van der Waals surface area (Å²) in [5, 5.41) is 2.83. The molecule has 1 aromatic carbocycles. The van der Waals surface area contributed by atoms with Crippen molar-refractivity contribution in [3.05, 3.63) is 47.5 Å². The van der Waals surface area contributed by atoms with E-state index in [4.69, 9.17) is 25.8 Å². The number of carbonyl (C=O) groups excluding carboxylic acids is 3. The average molecular weight is 684 g/mol. The zero-order valence-corrected chi connectivity index (χ0v) is 30.4. The molecule has 3 saturated carbocycles. The molecule has 1 aromatic rings. The number of nitrogens with one attached hydrogen (secondary N) is 1. The largest absolute Gasteiger partial charge is 0.411 e. The van der Waals surface area contributed by atoms with Crippen molar-refractivity contribution in [1.82, 2.24) is 5.32 Å². The van der Waals surface area contributed by atoms with Crippen LogP contribution < -0.4 is 5.32 Å². The molecule has 48 heavy (non-hydrogen) atoms. The molecule has 0 heterocycles. The summed E-state index contributed by atoms with van der Waals surface area (Å²) >= 11 is 5.85. The molecule has 0 aliphatic heterocycles. The highest BCUT2D eigenvalue weighted by atomic mass is 35.5. The Balaban J connectivity index is 0.995. The molecular weight excluding hydrogens is 626 g/mol. The van der Waals surface area contributed by atoms with Crippen LogP contribution in [0.3, 0.4) is 0 Å². The number of hydrogen-bond donors (Lipinski definition) is 1. The maximum atomic E-state index is 12.3. The van der Waals surface area contributed by atoms with Crippen LogP contribution in [-0.2, 0) is 23.8 Å². The van der Waals surface area contributed by atoms with E-state index in [1.54, 1.807) is 35.9 Å². The first-order chi connectivity index (χ1) is 23.0. The van der Waals surface area contributed by atoms with Gasteiger partial charge in [0.25, 0.3) is 0 Å². The van der Waals surface area contributed by atoms with Crippen molar-refractivity contribution in [1.29, 1.82) is 0 Å². The standard InChI is InChI=1S/C40H58ClNO6/c1-27(2)10-8-9-13-29-15-17-33-32-16-14-30-26-31(20-22-40(30,4)34(32)21-23-39(29,33)3)46-25-24-42-35(43)18-19-36(44)47-38(41)48-37(45)28-11-6-5-7-12-28/h5-7,11-12,14,27,29,31-34,38H,8-10,13,15-26H2,1-4H3,(H,42,43)/t29-,31?,32?,33?,34?,38?,39+,40?/m0/s1. The third kappa shape index (κ3) is 8.85. The van der Waals surface area contributed by atoms with E-state index >= 15 is 0 Å². The number of halogens is 1. The van der Waals surface area contributed by atoms with Crippen LogP contribution in [0.1, 0.15) is 128 Å². The molecule has 8 atom stereocenters. The Morgan fingerprint density at radius 3 is 2.52 bits per heavy atom. The molecule has 266 valence electrons. The van der Waals surface area contributed by atoms with Gasteiger partial charge in [-0.1, -0.05) is 76.8 Å². The molecule has 4 aliphatic carbocycles. The quantitative estimate of drug-likeness (QED) is 0.0652. The number of benzene rings is 1. The number of rotatable bonds is 15. The van der Waals surface area contributed by atoms with Gasteiger partial charge in [0.1, 0.15) is 0 Å². The SMILES string of the molecule is CC(C)CCCC[C@H]1CCC2C3CC=C4CC(OCCNC(=O)CCC(=O)OC(Cl)OC(=O)c5ccccc5)CCC4(C)C3CC[C@@]21C. The lowest BCUT2D eigenvalue weighted by Crippen LogP contribution is -2.50. The number of fused-ring (bicyclic) bond motifs is 5. The molecule has 5 rings (SSSR count). The van der Waals surface area contributed by atoms with Gasteiger partial charge in [-0.2, -0.15) is 0 Å². The van der Waals surface area contributed by atoms with Crippen molar-refractivity contribution in [3.8, 4) is 0 Å². The molecule has 4 aliphatic rings. The lowest BCUT2D eigenvalue weighted by atomic mass is 9.47. The van der Waals surface area contributed by atoms with E-state index in [0.717, 1.165) is 42.4 Å². The number of allylic oxidation sites excluding steroid dienone is 1. The minimum absolute atomic E-state index is 0.0504. The summed E-state index contributed by atoms with van der Waals surface area (Å²) in [5.74, 6) is 1.00. The van der Waals surface area contributed by atoms with Crippen molar-refractivity contribution in [2.75, 3.05) is 13.2 Å². The fourth-order valence-electron chi connectivity index (χ4n) is 9.93. The number of carbonyl (C=O) groups is 3. The molecule has 1 N–H and O–H groups in total. The van der Waals surface area contributed by atoms with Gasteiger partial charge in [0.2, 0.25) is 5.91 Å².